The number of halogens is 2. The maximum atomic E-state index is 6.71. The van der Waals surface area contributed by atoms with Crippen molar-refractivity contribution < 1.29 is 0 Å². The Morgan fingerprint density at radius 1 is 0.346 bits per heavy atom. The summed E-state index contributed by atoms with van der Waals surface area (Å²) in [5.74, 6) is 0. The van der Waals surface area contributed by atoms with Gasteiger partial charge in [-0.25, -0.2) is 0 Å². The summed E-state index contributed by atoms with van der Waals surface area (Å²) in [6.45, 7) is 0. The second-order valence-electron chi connectivity index (χ2n) is 7.19. The molecule has 7 aromatic carbocycles. The van der Waals surface area contributed by atoms with Gasteiger partial charge in [0.2, 0.25) is 0 Å². The minimum Gasteiger partial charge on any atom is -0.0820 e. The van der Waals surface area contributed by atoms with Crippen LogP contribution in [0, 0.1) is 0 Å². The van der Waals surface area contributed by atoms with Gasteiger partial charge in [-0.3, -0.25) is 0 Å². The lowest BCUT2D eigenvalue weighted by molar-refractivity contribution is 1.80. The van der Waals surface area contributed by atoms with Crippen LogP contribution in [0.5, 0.6) is 0 Å². The van der Waals surface area contributed by atoms with Crippen LogP contribution < -0.4 is 0 Å². The quantitative estimate of drug-likeness (QED) is 0.187. The lowest BCUT2D eigenvalue weighted by atomic mass is 9.83. The number of hydrogen-bond acceptors (Lipinski definition) is 0. The maximum absolute atomic E-state index is 6.71. The van der Waals surface area contributed by atoms with Gasteiger partial charge in [-0.2, -0.15) is 0 Å². The summed E-state index contributed by atoms with van der Waals surface area (Å²) in [6.07, 6.45) is 0. The Balaban J connectivity index is 2.09. The molecule has 0 aromatic heterocycles. The first kappa shape index (κ1) is 13.6. The predicted molar refractivity (Wildman–Crippen MR) is 115 cm³/mol. The first-order chi connectivity index (χ1) is 12.7. The van der Waals surface area contributed by atoms with E-state index in [1.54, 1.807) is 0 Å². The van der Waals surface area contributed by atoms with E-state index in [2.05, 4.69) is 60.7 Å². The van der Waals surface area contributed by atoms with Crippen LogP contribution in [-0.2, 0) is 0 Å². The van der Waals surface area contributed by atoms with Crippen molar-refractivity contribution >= 4 is 87.8 Å². The molecule has 0 saturated heterocycles. The summed E-state index contributed by atoms with van der Waals surface area (Å²) in [5, 5.41) is 16.2. The average molecular weight is 369 g/mol. The molecule has 0 atom stereocenters. The van der Waals surface area contributed by atoms with Gasteiger partial charge in [0.05, 0.1) is 10.0 Å². The Bertz CT molecular complexity index is 1510. The van der Waals surface area contributed by atoms with Crippen molar-refractivity contribution in [3.8, 4) is 0 Å². The van der Waals surface area contributed by atoms with Crippen molar-refractivity contribution in [2.45, 2.75) is 0 Å². The SMILES string of the molecule is Clc1c(Cl)c2ccc3ccc4ccc5ccc6ccc1c1c6c5c4c3c21. The van der Waals surface area contributed by atoms with Crippen molar-refractivity contribution in [3.05, 3.63) is 70.7 Å². The fraction of sp³-hybridized carbons (Fsp3) is 0. The third-order valence-corrected chi connectivity index (χ3v) is 6.93. The summed E-state index contributed by atoms with van der Waals surface area (Å²) >= 11 is 13.4. The fourth-order valence-corrected chi connectivity index (χ4v) is 5.50. The minimum absolute atomic E-state index is 0.652. The first-order valence-corrected chi connectivity index (χ1v) is 9.44. The molecule has 0 fully saturated rings. The molecular formula is C24H10Cl2. The number of hydrogen-bond donors (Lipinski definition) is 0. The highest BCUT2D eigenvalue weighted by atomic mass is 35.5. The Labute approximate surface area is 158 Å². The molecule has 26 heavy (non-hydrogen) atoms. The third-order valence-electron chi connectivity index (χ3n) is 6.05. The van der Waals surface area contributed by atoms with Crippen molar-refractivity contribution in [2.24, 2.45) is 0 Å². The Morgan fingerprint density at radius 3 is 0.962 bits per heavy atom. The van der Waals surface area contributed by atoms with Crippen LogP contribution >= 0.6 is 23.2 Å². The second-order valence-corrected chi connectivity index (χ2v) is 7.95. The van der Waals surface area contributed by atoms with Gasteiger partial charge in [-0.1, -0.05) is 83.9 Å². The Morgan fingerprint density at radius 2 is 0.615 bits per heavy atom. The highest BCUT2D eigenvalue weighted by Gasteiger charge is 2.22. The molecule has 2 heteroatoms. The van der Waals surface area contributed by atoms with Crippen molar-refractivity contribution in [2.75, 3.05) is 0 Å². The van der Waals surface area contributed by atoms with Crippen LogP contribution in [0.1, 0.15) is 0 Å². The van der Waals surface area contributed by atoms with Crippen molar-refractivity contribution in [1.82, 2.24) is 0 Å². The van der Waals surface area contributed by atoms with Gasteiger partial charge < -0.3 is 0 Å². The Hall–Kier alpha value is -2.54. The van der Waals surface area contributed by atoms with Crippen LogP contribution in [0.15, 0.2) is 60.7 Å². The van der Waals surface area contributed by atoms with Crippen molar-refractivity contribution in [1.29, 1.82) is 0 Å². The lowest BCUT2D eigenvalue weighted by Gasteiger charge is -2.21. The largest absolute Gasteiger partial charge is 0.0820 e. The minimum atomic E-state index is 0.652. The van der Waals surface area contributed by atoms with Crippen LogP contribution in [-0.4, -0.2) is 0 Å². The molecule has 120 valence electrons. The van der Waals surface area contributed by atoms with Crippen LogP contribution in [0.25, 0.3) is 64.6 Å². The maximum Gasteiger partial charge on any atom is 0.0677 e. The van der Waals surface area contributed by atoms with E-state index in [9.17, 15) is 0 Å². The standard InChI is InChI=1S/C24H10Cl2/c25-23-15-9-7-13-5-3-11-1-2-12-4-6-14-8-10-16(24(23)26)22-20(14)18(12)17(11)19(13)21(15)22/h1-10H. The van der Waals surface area contributed by atoms with Gasteiger partial charge in [-0.15, -0.1) is 0 Å². The first-order valence-electron chi connectivity index (χ1n) is 8.68. The molecule has 0 aliphatic rings. The summed E-state index contributed by atoms with van der Waals surface area (Å²) in [4.78, 5) is 0. The molecule has 0 bridgehead atoms. The molecular weight excluding hydrogens is 359 g/mol. The normalized spacial score (nSPS) is 13.0. The van der Waals surface area contributed by atoms with Crippen LogP contribution in [0.3, 0.4) is 0 Å². The molecule has 0 saturated carbocycles. The van der Waals surface area contributed by atoms with E-state index >= 15 is 0 Å². The Kier molecular flexibility index (Phi) is 2.22. The molecule has 0 unspecified atom stereocenters. The number of benzene rings is 7. The zero-order valence-corrected chi connectivity index (χ0v) is 15.0. The summed E-state index contributed by atoms with van der Waals surface area (Å²) in [6, 6.07) is 21.9. The van der Waals surface area contributed by atoms with E-state index in [0.29, 0.717) is 10.0 Å². The van der Waals surface area contributed by atoms with Crippen molar-refractivity contribution in [3.63, 3.8) is 0 Å². The summed E-state index contributed by atoms with van der Waals surface area (Å²) in [5.41, 5.74) is 0. The van der Waals surface area contributed by atoms with Gasteiger partial charge in [0.15, 0.2) is 0 Å². The molecule has 0 heterocycles. The molecule has 7 rings (SSSR count). The van der Waals surface area contributed by atoms with E-state index in [4.69, 9.17) is 23.2 Å². The average Bonchev–Trinajstić information content (AvgIpc) is 2.69. The smallest absolute Gasteiger partial charge is 0.0677 e. The van der Waals surface area contributed by atoms with Gasteiger partial charge >= 0.3 is 0 Å². The molecule has 0 aliphatic heterocycles. The fourth-order valence-electron chi connectivity index (χ4n) is 4.99. The topological polar surface area (TPSA) is 0 Å². The zero-order valence-electron chi connectivity index (χ0n) is 13.5. The molecule has 0 amide bonds. The van der Waals surface area contributed by atoms with Crippen LogP contribution in [0.2, 0.25) is 10.0 Å². The summed E-state index contributed by atoms with van der Waals surface area (Å²) < 4.78 is 0. The van der Waals surface area contributed by atoms with Crippen LogP contribution in [0.4, 0.5) is 0 Å². The third kappa shape index (κ3) is 1.32. The molecule has 0 N–H and O–H groups in total. The zero-order chi connectivity index (χ0) is 17.2. The second kappa shape index (κ2) is 4.23. The molecule has 0 radical (unpaired) electrons. The van der Waals surface area contributed by atoms with E-state index < -0.39 is 0 Å². The summed E-state index contributed by atoms with van der Waals surface area (Å²) in [7, 11) is 0. The molecule has 7 aromatic rings. The highest BCUT2D eigenvalue weighted by Crippen LogP contribution is 2.51. The predicted octanol–water partition coefficient (Wildman–Crippen LogP) is 8.23. The highest BCUT2D eigenvalue weighted by molar-refractivity contribution is 6.54. The van der Waals surface area contributed by atoms with E-state index in [-0.39, 0.29) is 0 Å². The van der Waals surface area contributed by atoms with E-state index in [1.807, 2.05) is 0 Å². The van der Waals surface area contributed by atoms with E-state index in [0.717, 1.165) is 10.8 Å². The van der Waals surface area contributed by atoms with Gasteiger partial charge in [0.1, 0.15) is 0 Å². The number of rotatable bonds is 0. The molecule has 0 aliphatic carbocycles. The van der Waals surface area contributed by atoms with Gasteiger partial charge in [-0.05, 0) is 43.1 Å². The van der Waals surface area contributed by atoms with E-state index in [1.165, 1.54) is 53.9 Å². The molecule has 0 nitrogen and oxygen atoms in total. The van der Waals surface area contributed by atoms with Gasteiger partial charge in [0.25, 0.3) is 0 Å². The molecule has 0 spiro atoms. The van der Waals surface area contributed by atoms with Gasteiger partial charge in [0, 0.05) is 21.5 Å². The monoisotopic (exact) mass is 368 g/mol. The lowest BCUT2D eigenvalue weighted by Crippen LogP contribution is -1.93.